The molecular weight excluding hydrogens is 370 g/mol. The van der Waals surface area contributed by atoms with E-state index in [2.05, 4.69) is 32.3 Å². The molecule has 0 aliphatic carbocycles. The van der Waals surface area contributed by atoms with Crippen LogP contribution in [0.5, 0.6) is 11.5 Å². The second-order valence-electron chi connectivity index (χ2n) is 4.99. The molecule has 0 radical (unpaired) electrons. The van der Waals surface area contributed by atoms with E-state index in [9.17, 15) is 5.26 Å². The number of hydrogen-bond acceptors (Lipinski definition) is 5. The fourth-order valence-corrected chi connectivity index (χ4v) is 2.82. The molecule has 24 heavy (non-hydrogen) atoms. The van der Waals surface area contributed by atoms with Gasteiger partial charge in [0.05, 0.1) is 36.7 Å². The zero-order chi connectivity index (χ0) is 17.1. The lowest BCUT2D eigenvalue weighted by Crippen LogP contribution is -1.99. The standard InChI is InChI=1S/C18H14BrN3O2/c1-23-16-7-12-15(8-17(16)24-2)21-10-11(9-20)18(12)22-14-6-4-3-5-13(14)19/h3-8,10H,1-2H3,(H,21,22). The first-order valence-electron chi connectivity index (χ1n) is 7.14. The number of anilines is 2. The number of nitrogens with zero attached hydrogens (tertiary/aromatic N) is 2. The number of rotatable bonds is 4. The van der Waals surface area contributed by atoms with Gasteiger partial charge in [-0.05, 0) is 34.1 Å². The van der Waals surface area contributed by atoms with Gasteiger partial charge in [0.2, 0.25) is 0 Å². The molecule has 120 valence electrons. The number of pyridine rings is 1. The molecule has 0 aliphatic heterocycles. The Bertz CT molecular complexity index is 951. The van der Waals surface area contributed by atoms with E-state index in [1.165, 1.54) is 0 Å². The first kappa shape index (κ1) is 16.1. The summed E-state index contributed by atoms with van der Waals surface area (Å²) in [6.07, 6.45) is 1.55. The second-order valence-corrected chi connectivity index (χ2v) is 5.84. The van der Waals surface area contributed by atoms with E-state index in [4.69, 9.17) is 9.47 Å². The molecule has 0 amide bonds. The Morgan fingerprint density at radius 1 is 1.12 bits per heavy atom. The Balaban J connectivity index is 2.24. The topological polar surface area (TPSA) is 67.2 Å². The zero-order valence-electron chi connectivity index (χ0n) is 13.1. The van der Waals surface area contributed by atoms with Gasteiger partial charge in [-0.3, -0.25) is 4.98 Å². The maximum absolute atomic E-state index is 9.45. The second kappa shape index (κ2) is 6.77. The van der Waals surface area contributed by atoms with E-state index in [0.717, 1.165) is 15.5 Å². The van der Waals surface area contributed by atoms with Gasteiger partial charge in [-0.1, -0.05) is 12.1 Å². The van der Waals surface area contributed by atoms with E-state index >= 15 is 0 Å². The van der Waals surface area contributed by atoms with E-state index in [1.807, 2.05) is 30.3 Å². The van der Waals surface area contributed by atoms with Crippen LogP contribution in [0, 0.1) is 11.3 Å². The van der Waals surface area contributed by atoms with Crippen molar-refractivity contribution in [3.8, 4) is 17.6 Å². The summed E-state index contributed by atoms with van der Waals surface area (Å²) in [6.45, 7) is 0. The lowest BCUT2D eigenvalue weighted by atomic mass is 10.1. The number of nitriles is 1. The largest absolute Gasteiger partial charge is 0.493 e. The van der Waals surface area contributed by atoms with Crippen molar-refractivity contribution in [2.75, 3.05) is 19.5 Å². The molecule has 0 saturated carbocycles. The normalized spacial score (nSPS) is 10.2. The number of fused-ring (bicyclic) bond motifs is 1. The maximum Gasteiger partial charge on any atom is 0.162 e. The van der Waals surface area contributed by atoms with Crippen molar-refractivity contribution in [3.63, 3.8) is 0 Å². The Morgan fingerprint density at radius 2 is 1.83 bits per heavy atom. The molecule has 1 aromatic heterocycles. The molecule has 2 aromatic carbocycles. The molecule has 0 spiro atoms. The van der Waals surface area contributed by atoms with Crippen molar-refractivity contribution in [2.45, 2.75) is 0 Å². The highest BCUT2D eigenvalue weighted by Crippen LogP contribution is 2.37. The quantitative estimate of drug-likeness (QED) is 0.711. The van der Waals surface area contributed by atoms with E-state index in [1.54, 1.807) is 26.5 Å². The Hall–Kier alpha value is -2.78. The Labute approximate surface area is 148 Å². The van der Waals surface area contributed by atoms with Gasteiger partial charge in [-0.2, -0.15) is 5.26 Å². The number of methoxy groups -OCH3 is 2. The summed E-state index contributed by atoms with van der Waals surface area (Å²) < 4.78 is 11.6. The zero-order valence-corrected chi connectivity index (χ0v) is 14.7. The average Bonchev–Trinajstić information content (AvgIpc) is 2.62. The van der Waals surface area contributed by atoms with Crippen molar-refractivity contribution in [1.29, 1.82) is 5.26 Å². The molecule has 1 heterocycles. The third-order valence-corrected chi connectivity index (χ3v) is 4.32. The summed E-state index contributed by atoms with van der Waals surface area (Å²) in [5.74, 6) is 1.17. The number of aromatic nitrogens is 1. The monoisotopic (exact) mass is 383 g/mol. The van der Waals surface area contributed by atoms with E-state index in [0.29, 0.717) is 28.3 Å². The van der Waals surface area contributed by atoms with Crippen LogP contribution in [0.4, 0.5) is 11.4 Å². The fourth-order valence-electron chi connectivity index (χ4n) is 2.44. The summed E-state index contributed by atoms with van der Waals surface area (Å²) in [4.78, 5) is 4.35. The van der Waals surface area contributed by atoms with Crippen LogP contribution in [0.15, 0.2) is 47.1 Å². The van der Waals surface area contributed by atoms with E-state index < -0.39 is 0 Å². The molecule has 0 unspecified atom stereocenters. The third kappa shape index (κ3) is 2.86. The minimum Gasteiger partial charge on any atom is -0.493 e. The molecular formula is C18H14BrN3O2. The number of benzene rings is 2. The highest BCUT2D eigenvalue weighted by Gasteiger charge is 2.14. The average molecular weight is 384 g/mol. The minimum absolute atomic E-state index is 0.450. The third-order valence-electron chi connectivity index (χ3n) is 3.63. The van der Waals surface area contributed by atoms with Crippen LogP contribution in [-0.4, -0.2) is 19.2 Å². The molecule has 6 heteroatoms. The van der Waals surface area contributed by atoms with Gasteiger partial charge in [0.25, 0.3) is 0 Å². The number of nitrogens with one attached hydrogen (secondary N) is 1. The summed E-state index contributed by atoms with van der Waals surface area (Å²) in [5, 5.41) is 13.6. The lowest BCUT2D eigenvalue weighted by Gasteiger charge is -2.15. The van der Waals surface area contributed by atoms with Crippen LogP contribution in [0.25, 0.3) is 10.9 Å². The van der Waals surface area contributed by atoms with Crippen LogP contribution in [0.2, 0.25) is 0 Å². The predicted octanol–water partition coefficient (Wildman–Crippen LogP) is 4.63. The van der Waals surface area contributed by atoms with Crippen LogP contribution >= 0.6 is 15.9 Å². The van der Waals surface area contributed by atoms with Gasteiger partial charge < -0.3 is 14.8 Å². The van der Waals surface area contributed by atoms with Gasteiger partial charge >= 0.3 is 0 Å². The summed E-state index contributed by atoms with van der Waals surface area (Å²) in [5.41, 5.74) is 2.69. The molecule has 0 fully saturated rings. The van der Waals surface area contributed by atoms with Gasteiger partial charge in [-0.15, -0.1) is 0 Å². The van der Waals surface area contributed by atoms with Gasteiger partial charge in [0.15, 0.2) is 11.5 Å². The highest BCUT2D eigenvalue weighted by molar-refractivity contribution is 9.10. The lowest BCUT2D eigenvalue weighted by molar-refractivity contribution is 0.356. The number of hydrogen-bond donors (Lipinski definition) is 1. The van der Waals surface area contributed by atoms with Crippen molar-refractivity contribution in [1.82, 2.24) is 4.98 Å². The van der Waals surface area contributed by atoms with Crippen molar-refractivity contribution in [3.05, 3.63) is 52.6 Å². The van der Waals surface area contributed by atoms with Gasteiger partial charge in [0, 0.05) is 22.1 Å². The fraction of sp³-hybridized carbons (Fsp3) is 0.111. The maximum atomic E-state index is 9.45. The SMILES string of the molecule is COc1cc2ncc(C#N)c(Nc3ccccc3Br)c2cc1OC. The predicted molar refractivity (Wildman–Crippen MR) is 97.0 cm³/mol. The smallest absolute Gasteiger partial charge is 0.162 e. The molecule has 1 N–H and O–H groups in total. The van der Waals surface area contributed by atoms with Crippen molar-refractivity contribution < 1.29 is 9.47 Å². The van der Waals surface area contributed by atoms with Gasteiger partial charge in [0.1, 0.15) is 6.07 Å². The Kier molecular flexibility index (Phi) is 4.54. The summed E-state index contributed by atoms with van der Waals surface area (Å²) >= 11 is 3.51. The Morgan fingerprint density at radius 3 is 2.50 bits per heavy atom. The van der Waals surface area contributed by atoms with Gasteiger partial charge in [-0.25, -0.2) is 0 Å². The minimum atomic E-state index is 0.450. The van der Waals surface area contributed by atoms with Crippen LogP contribution in [0.3, 0.4) is 0 Å². The van der Waals surface area contributed by atoms with Crippen molar-refractivity contribution in [2.24, 2.45) is 0 Å². The molecule has 0 bridgehead atoms. The highest BCUT2D eigenvalue weighted by atomic mass is 79.9. The molecule has 0 atom stereocenters. The van der Waals surface area contributed by atoms with E-state index in [-0.39, 0.29) is 0 Å². The summed E-state index contributed by atoms with van der Waals surface area (Å²) in [7, 11) is 3.15. The first-order chi connectivity index (χ1) is 11.7. The molecule has 5 nitrogen and oxygen atoms in total. The number of halogens is 1. The summed E-state index contributed by atoms with van der Waals surface area (Å²) in [6, 6.07) is 13.5. The van der Waals surface area contributed by atoms with Crippen LogP contribution in [0.1, 0.15) is 5.56 Å². The molecule has 0 aliphatic rings. The number of ether oxygens (including phenoxy) is 2. The van der Waals surface area contributed by atoms with Crippen molar-refractivity contribution >= 4 is 38.2 Å². The molecule has 3 rings (SSSR count). The molecule has 0 saturated heterocycles. The first-order valence-corrected chi connectivity index (χ1v) is 7.93. The number of para-hydroxylation sites is 1. The van der Waals surface area contributed by atoms with Crippen LogP contribution < -0.4 is 14.8 Å². The van der Waals surface area contributed by atoms with Crippen LogP contribution in [-0.2, 0) is 0 Å². The molecule has 3 aromatic rings.